The molecule has 0 aromatic heterocycles. The molecule has 3 N–H and O–H groups in total. The second kappa shape index (κ2) is 85.2. The van der Waals surface area contributed by atoms with Crippen LogP contribution < -0.4 is 0 Å². The number of rotatable bonds is 76. The van der Waals surface area contributed by atoms with E-state index in [1.807, 2.05) is 72.9 Å². The number of carbonyl (C=O) groups is 4. The van der Waals surface area contributed by atoms with Gasteiger partial charge in [0.25, 0.3) is 0 Å². The van der Waals surface area contributed by atoms with Gasteiger partial charge >= 0.3 is 39.5 Å². The van der Waals surface area contributed by atoms with Gasteiger partial charge in [0.2, 0.25) is 0 Å². The number of aliphatic hydroxyl groups excluding tert-OH is 1. The van der Waals surface area contributed by atoms with E-state index in [-0.39, 0.29) is 25.7 Å². The number of ether oxygens (including phenoxy) is 4. The van der Waals surface area contributed by atoms with E-state index < -0.39 is 97.5 Å². The fourth-order valence-corrected chi connectivity index (χ4v) is 11.4. The summed E-state index contributed by atoms with van der Waals surface area (Å²) in [5, 5.41) is 10.7. The highest BCUT2D eigenvalue weighted by Gasteiger charge is 2.30. The van der Waals surface area contributed by atoms with Crippen LogP contribution in [0.5, 0.6) is 0 Å². The number of carbonyl (C=O) groups excluding carboxylic acids is 4. The Morgan fingerprint density at radius 1 is 0.250 bits per heavy atom. The molecule has 0 aliphatic rings. The quantitative estimate of drug-likeness (QED) is 0.0169. The lowest BCUT2D eigenvalue weighted by Gasteiger charge is -2.21. The standard InChI is InChI=1S/C97H146O17P2/c1-5-9-13-17-21-25-29-33-37-41-45-49-53-57-61-65-69-73-77-81-94(99)107-87-92(113-96(101)83-79-75-71-67-63-59-55-51-47-43-39-35-31-27-23-19-15-11-7-3)89-111-115(103,104)109-85-91(98)86-110-116(105,106)112-90-93(114-97(102)84-80-76-72-68-64-60-56-52-48-44-40-36-32-28-24-20-16-12-8-4)88-108-95(100)82-78-74-70-66-62-58-54-50-46-42-38-34-30-26-22-18-14-10-6-2/h11-12,15-16,21-28,33-40,45-52,57-64,69-76,91-93,98H,5-10,13-14,17-20,29-32,41-44,53-56,65-68,77-90H2,1-4H3,(H,103,104)(H,105,106)/b15-11-,16-12-,25-21-,26-22-,27-23-,28-24-,37-33-,38-34-,39-35-,40-36-,49-45-,50-46-,51-47-,52-48-,61-57-,62-58-,63-59-,64-60-,73-69-,74-70-,75-71-,76-72-/t92-,93-/m1/s1. The van der Waals surface area contributed by atoms with Gasteiger partial charge in [0.05, 0.1) is 26.4 Å². The van der Waals surface area contributed by atoms with Crippen LogP contribution in [0.25, 0.3) is 0 Å². The SMILES string of the molecule is CC/C=C\C/C=C\C/C=C\C/C=C\C/C=C\C/C=C\CCC(=O)O[C@H](COC(=O)CC/C=C\C/C=C\C/C=C\C/C=C\C/C=C\CCCCC)COP(=O)(O)OCC(O)COP(=O)(O)OC[C@@H](COC(=O)CC/C=C\C/C=C\C/C=C\C/C=C\C/C=C\CCCCC)OC(=O)CC/C=C\C/C=C\C/C=C\C/C=C\C/C=C\C/C=C\CC. The zero-order chi connectivity index (χ0) is 84.5. The van der Waals surface area contributed by atoms with E-state index in [2.05, 4.69) is 222 Å². The first kappa shape index (κ1) is 108. The molecule has 0 aromatic rings. The Morgan fingerprint density at radius 3 is 0.655 bits per heavy atom. The van der Waals surface area contributed by atoms with Gasteiger partial charge < -0.3 is 33.8 Å². The van der Waals surface area contributed by atoms with Gasteiger partial charge in [0.1, 0.15) is 19.3 Å². The van der Waals surface area contributed by atoms with Crippen LogP contribution >= 0.6 is 15.6 Å². The van der Waals surface area contributed by atoms with Crippen LogP contribution in [0.3, 0.4) is 0 Å². The maximum Gasteiger partial charge on any atom is 0.472 e. The molecule has 0 saturated heterocycles. The Morgan fingerprint density at radius 2 is 0.440 bits per heavy atom. The van der Waals surface area contributed by atoms with Crippen LogP contribution in [0.1, 0.15) is 259 Å². The molecule has 0 bridgehead atoms. The van der Waals surface area contributed by atoms with Crippen molar-refractivity contribution in [2.75, 3.05) is 39.6 Å². The van der Waals surface area contributed by atoms with Crippen molar-refractivity contribution < 1.29 is 80.2 Å². The number of esters is 4. The molecule has 0 rings (SSSR count). The Bertz CT molecular complexity index is 3050. The third kappa shape index (κ3) is 84.3. The molecule has 0 spiro atoms. The molecule has 19 heteroatoms. The number of hydrogen-bond acceptors (Lipinski definition) is 15. The second-order valence-electron chi connectivity index (χ2n) is 26.9. The maximum atomic E-state index is 13.1. The molecule has 0 amide bonds. The predicted molar refractivity (Wildman–Crippen MR) is 481 cm³/mol. The van der Waals surface area contributed by atoms with Gasteiger partial charge in [0, 0.05) is 25.7 Å². The number of allylic oxidation sites excluding steroid dienone is 44. The van der Waals surface area contributed by atoms with E-state index >= 15 is 0 Å². The first-order valence-corrected chi connectivity index (χ1v) is 45.6. The molecular weight excluding hydrogens is 1500 g/mol. The average Bonchev–Trinajstić information content (AvgIpc) is 0.898. The fraction of sp³-hybridized carbons (Fsp3) is 0.505. The van der Waals surface area contributed by atoms with Crippen molar-refractivity contribution in [2.45, 2.75) is 277 Å². The van der Waals surface area contributed by atoms with E-state index in [0.29, 0.717) is 51.4 Å². The smallest absolute Gasteiger partial charge is 0.462 e. The molecule has 0 aromatic carbocycles. The van der Waals surface area contributed by atoms with E-state index in [4.69, 9.17) is 37.0 Å². The lowest BCUT2D eigenvalue weighted by molar-refractivity contribution is -0.161. The summed E-state index contributed by atoms with van der Waals surface area (Å²) in [4.78, 5) is 73.2. The molecule has 4 atom stereocenters. The fourth-order valence-electron chi connectivity index (χ4n) is 9.82. The summed E-state index contributed by atoms with van der Waals surface area (Å²) in [6.45, 7) is 4.19. The lowest BCUT2D eigenvalue weighted by Crippen LogP contribution is -2.30. The van der Waals surface area contributed by atoms with E-state index in [1.165, 1.54) is 38.5 Å². The Labute approximate surface area is 700 Å². The largest absolute Gasteiger partial charge is 0.472 e. The number of aliphatic hydroxyl groups is 1. The van der Waals surface area contributed by atoms with Gasteiger partial charge in [-0.15, -0.1) is 0 Å². The monoisotopic (exact) mass is 1650 g/mol. The molecular formula is C97H146O17P2. The van der Waals surface area contributed by atoms with Crippen molar-refractivity contribution in [1.82, 2.24) is 0 Å². The van der Waals surface area contributed by atoms with Gasteiger partial charge in [0.15, 0.2) is 12.2 Å². The van der Waals surface area contributed by atoms with Crippen LogP contribution in [0.4, 0.5) is 0 Å². The third-order valence-electron chi connectivity index (χ3n) is 16.2. The van der Waals surface area contributed by atoms with Crippen molar-refractivity contribution in [3.8, 4) is 0 Å². The average molecular weight is 1650 g/mol. The third-order valence-corrected chi connectivity index (χ3v) is 18.1. The van der Waals surface area contributed by atoms with Crippen molar-refractivity contribution in [2.24, 2.45) is 0 Å². The Kier molecular flexibility index (Phi) is 79.6. The highest BCUT2D eigenvalue weighted by atomic mass is 31.2. The highest BCUT2D eigenvalue weighted by molar-refractivity contribution is 7.47. The van der Waals surface area contributed by atoms with E-state index in [0.717, 1.165) is 116 Å². The van der Waals surface area contributed by atoms with Crippen LogP contribution in [-0.4, -0.2) is 96.7 Å². The number of phosphoric acid groups is 2. The summed E-state index contributed by atoms with van der Waals surface area (Å²) in [5.41, 5.74) is 0. The second-order valence-corrected chi connectivity index (χ2v) is 29.8. The first-order chi connectivity index (χ1) is 56.7. The van der Waals surface area contributed by atoms with Crippen LogP contribution in [0.15, 0.2) is 267 Å². The van der Waals surface area contributed by atoms with Crippen LogP contribution in [0, 0.1) is 0 Å². The molecule has 17 nitrogen and oxygen atoms in total. The summed E-state index contributed by atoms with van der Waals surface area (Å²) in [6.07, 6.45) is 116. The van der Waals surface area contributed by atoms with Crippen molar-refractivity contribution in [3.63, 3.8) is 0 Å². The zero-order valence-corrected chi connectivity index (χ0v) is 72.6. The molecule has 0 aliphatic carbocycles. The van der Waals surface area contributed by atoms with Gasteiger partial charge in [-0.2, -0.15) is 0 Å². The van der Waals surface area contributed by atoms with Gasteiger partial charge in [-0.25, -0.2) is 9.13 Å². The predicted octanol–water partition coefficient (Wildman–Crippen LogP) is 25.9. The highest BCUT2D eigenvalue weighted by Crippen LogP contribution is 2.45. The minimum absolute atomic E-state index is 0.00595. The van der Waals surface area contributed by atoms with Crippen LogP contribution in [0.2, 0.25) is 0 Å². The Hall–Kier alpha value is -7.66. The van der Waals surface area contributed by atoms with Gasteiger partial charge in [-0.05, 0) is 180 Å². The van der Waals surface area contributed by atoms with Gasteiger partial charge in [-0.1, -0.05) is 321 Å². The molecule has 646 valence electrons. The molecule has 0 radical (unpaired) electrons. The Balaban J connectivity index is 5.70. The van der Waals surface area contributed by atoms with Crippen molar-refractivity contribution in [3.05, 3.63) is 267 Å². The summed E-state index contributed by atoms with van der Waals surface area (Å²) < 4.78 is 68.4. The van der Waals surface area contributed by atoms with Crippen LogP contribution in [-0.2, 0) is 65.4 Å². The van der Waals surface area contributed by atoms with Gasteiger partial charge in [-0.3, -0.25) is 37.3 Å². The molecule has 0 heterocycles. The number of hydrogen-bond donors (Lipinski definition) is 3. The topological polar surface area (TPSA) is 237 Å². The minimum atomic E-state index is -5.05. The first-order valence-electron chi connectivity index (χ1n) is 42.6. The molecule has 0 aliphatic heterocycles. The summed E-state index contributed by atoms with van der Waals surface area (Å²) in [6, 6.07) is 0. The molecule has 0 fully saturated rings. The number of phosphoric ester groups is 2. The van der Waals surface area contributed by atoms with E-state index in [1.54, 1.807) is 0 Å². The molecule has 2 unspecified atom stereocenters. The molecule has 0 saturated carbocycles. The summed E-state index contributed by atoms with van der Waals surface area (Å²) in [5.74, 6) is -2.61. The normalized spacial score (nSPS) is 15.1. The van der Waals surface area contributed by atoms with Crippen molar-refractivity contribution >= 4 is 39.5 Å². The summed E-state index contributed by atoms with van der Waals surface area (Å²) in [7, 11) is -10.1. The minimum Gasteiger partial charge on any atom is -0.462 e. The maximum absolute atomic E-state index is 13.1. The molecule has 116 heavy (non-hydrogen) atoms. The van der Waals surface area contributed by atoms with E-state index in [9.17, 15) is 43.2 Å². The number of unbranched alkanes of at least 4 members (excludes halogenated alkanes) is 6. The lowest BCUT2D eigenvalue weighted by atomic mass is 10.2. The summed E-state index contributed by atoms with van der Waals surface area (Å²) >= 11 is 0. The van der Waals surface area contributed by atoms with Crippen molar-refractivity contribution in [1.29, 1.82) is 0 Å². The zero-order valence-electron chi connectivity index (χ0n) is 70.8.